The second-order valence-electron chi connectivity index (χ2n) is 6.37. The predicted octanol–water partition coefficient (Wildman–Crippen LogP) is 4.40. The first-order valence-corrected chi connectivity index (χ1v) is 11.3. The molecule has 0 saturated carbocycles. The maximum atomic E-state index is 13.1. The number of thiazole rings is 1. The molecule has 1 amide bonds. The average molecular weight is 455 g/mol. The van der Waals surface area contributed by atoms with Crippen LogP contribution in [0.3, 0.4) is 0 Å². The van der Waals surface area contributed by atoms with Crippen molar-refractivity contribution in [1.29, 1.82) is 0 Å². The predicted molar refractivity (Wildman–Crippen MR) is 117 cm³/mol. The monoisotopic (exact) mass is 454 g/mol. The minimum absolute atomic E-state index is 0.0878. The van der Waals surface area contributed by atoms with Crippen molar-refractivity contribution in [2.75, 3.05) is 10.0 Å². The highest BCUT2D eigenvalue weighted by atomic mass is 32.2. The summed E-state index contributed by atoms with van der Waals surface area (Å²) in [6.45, 7) is 0. The number of nitrogens with one attached hydrogen (secondary N) is 2. The third-order valence-corrected chi connectivity index (χ3v) is 6.36. The number of hydrogen-bond donors (Lipinski definition) is 2. The fourth-order valence-electron chi connectivity index (χ4n) is 2.71. The topological polar surface area (TPSA) is 101 Å². The fraction of sp³-hybridized carbons (Fsp3) is 0. The van der Waals surface area contributed by atoms with Gasteiger partial charge < -0.3 is 0 Å². The summed E-state index contributed by atoms with van der Waals surface area (Å²) in [4.78, 5) is 20.9. The molecule has 2 N–H and O–H groups in total. The summed E-state index contributed by atoms with van der Waals surface area (Å²) in [5.74, 6) is -0.967. The van der Waals surface area contributed by atoms with E-state index < -0.39 is 21.7 Å². The van der Waals surface area contributed by atoms with Crippen LogP contribution in [0.15, 0.2) is 83.3 Å². The molecule has 7 nitrogen and oxygen atoms in total. The molecule has 10 heteroatoms. The zero-order chi connectivity index (χ0) is 21.8. The Balaban J connectivity index is 1.48. The molecule has 0 spiro atoms. The first-order chi connectivity index (χ1) is 14.9. The van der Waals surface area contributed by atoms with Crippen LogP contribution in [0.5, 0.6) is 0 Å². The number of nitrogens with zero attached hydrogens (tertiary/aromatic N) is 2. The molecule has 156 valence electrons. The number of hydrogen-bond acceptors (Lipinski definition) is 6. The lowest BCUT2D eigenvalue weighted by Crippen LogP contribution is -2.15. The van der Waals surface area contributed by atoms with Crippen molar-refractivity contribution in [3.8, 4) is 11.3 Å². The van der Waals surface area contributed by atoms with E-state index in [4.69, 9.17) is 0 Å². The highest BCUT2D eigenvalue weighted by Gasteiger charge is 2.16. The second kappa shape index (κ2) is 8.62. The third-order valence-electron chi connectivity index (χ3n) is 4.20. The number of carbonyl (C=O) groups is 1. The Morgan fingerprint density at radius 2 is 1.74 bits per heavy atom. The van der Waals surface area contributed by atoms with Crippen LogP contribution in [0.4, 0.5) is 15.2 Å². The van der Waals surface area contributed by atoms with Gasteiger partial charge in [-0.05, 0) is 54.6 Å². The normalized spacial score (nSPS) is 11.1. The minimum atomic E-state index is -3.92. The van der Waals surface area contributed by atoms with Crippen molar-refractivity contribution >= 4 is 38.1 Å². The third kappa shape index (κ3) is 4.93. The van der Waals surface area contributed by atoms with Crippen LogP contribution >= 0.6 is 11.3 Å². The van der Waals surface area contributed by atoms with E-state index in [0.29, 0.717) is 10.8 Å². The molecule has 2 heterocycles. The highest BCUT2D eigenvalue weighted by Crippen LogP contribution is 2.25. The first-order valence-electron chi connectivity index (χ1n) is 8.96. The van der Waals surface area contributed by atoms with Gasteiger partial charge in [0.2, 0.25) is 0 Å². The van der Waals surface area contributed by atoms with Gasteiger partial charge >= 0.3 is 0 Å². The Labute approximate surface area is 181 Å². The summed E-state index contributed by atoms with van der Waals surface area (Å²) in [5.41, 5.74) is 2.04. The maximum Gasteiger partial charge on any atom is 0.261 e. The molecule has 4 rings (SSSR count). The summed E-state index contributed by atoms with van der Waals surface area (Å²) < 4.78 is 40.4. The van der Waals surface area contributed by atoms with Crippen LogP contribution in [0.1, 0.15) is 10.4 Å². The van der Waals surface area contributed by atoms with Crippen molar-refractivity contribution in [3.05, 3.63) is 89.8 Å². The van der Waals surface area contributed by atoms with Gasteiger partial charge in [-0.2, -0.15) is 0 Å². The van der Waals surface area contributed by atoms with E-state index in [1.54, 1.807) is 24.5 Å². The summed E-state index contributed by atoms with van der Waals surface area (Å²) >= 11 is 1.27. The molecule has 2 aromatic carbocycles. The number of benzene rings is 2. The van der Waals surface area contributed by atoms with Crippen molar-refractivity contribution in [3.63, 3.8) is 0 Å². The van der Waals surface area contributed by atoms with Crippen LogP contribution in [0, 0.1) is 5.82 Å². The van der Waals surface area contributed by atoms with Crippen LogP contribution in [-0.4, -0.2) is 24.3 Å². The number of aromatic nitrogens is 2. The number of halogens is 1. The molecule has 0 unspecified atom stereocenters. The van der Waals surface area contributed by atoms with E-state index in [9.17, 15) is 17.6 Å². The van der Waals surface area contributed by atoms with Gasteiger partial charge in [0.1, 0.15) is 5.82 Å². The molecule has 0 saturated heterocycles. The zero-order valence-electron chi connectivity index (χ0n) is 15.8. The molecule has 0 aliphatic carbocycles. The quantitative estimate of drug-likeness (QED) is 0.450. The molecule has 0 radical (unpaired) electrons. The van der Waals surface area contributed by atoms with E-state index in [0.717, 1.165) is 29.8 Å². The SMILES string of the molecule is O=C(Nc1nc(-c2ccncc2)cs1)c1cccc(NS(=O)(=O)c2ccc(F)cc2)c1. The van der Waals surface area contributed by atoms with Crippen molar-refractivity contribution in [2.45, 2.75) is 4.90 Å². The number of rotatable bonds is 6. The summed E-state index contributed by atoms with van der Waals surface area (Å²) in [5, 5.41) is 4.94. The van der Waals surface area contributed by atoms with Gasteiger partial charge in [0.15, 0.2) is 5.13 Å². The summed E-state index contributed by atoms with van der Waals surface area (Å²) in [6, 6.07) is 14.1. The van der Waals surface area contributed by atoms with E-state index in [2.05, 4.69) is 20.0 Å². The Morgan fingerprint density at radius 3 is 2.48 bits per heavy atom. The van der Waals surface area contributed by atoms with Crippen molar-refractivity contribution < 1.29 is 17.6 Å². The zero-order valence-corrected chi connectivity index (χ0v) is 17.5. The largest absolute Gasteiger partial charge is 0.298 e. The molecule has 0 fully saturated rings. The van der Waals surface area contributed by atoms with Crippen LogP contribution in [-0.2, 0) is 10.0 Å². The highest BCUT2D eigenvalue weighted by molar-refractivity contribution is 7.92. The molecule has 4 aromatic rings. The lowest BCUT2D eigenvalue weighted by molar-refractivity contribution is 0.102. The van der Waals surface area contributed by atoms with Crippen LogP contribution in [0.25, 0.3) is 11.3 Å². The maximum absolute atomic E-state index is 13.1. The molecule has 0 atom stereocenters. The average Bonchev–Trinajstić information content (AvgIpc) is 3.23. The lowest BCUT2D eigenvalue weighted by Gasteiger charge is -2.09. The molecule has 0 aliphatic heterocycles. The second-order valence-corrected chi connectivity index (χ2v) is 8.91. The van der Waals surface area contributed by atoms with Crippen molar-refractivity contribution in [2.24, 2.45) is 0 Å². The smallest absolute Gasteiger partial charge is 0.261 e. The molecular weight excluding hydrogens is 439 g/mol. The van der Waals surface area contributed by atoms with Gasteiger partial charge in [-0.3, -0.25) is 19.8 Å². The van der Waals surface area contributed by atoms with Gasteiger partial charge in [0, 0.05) is 34.6 Å². The Hall–Kier alpha value is -3.63. The van der Waals surface area contributed by atoms with E-state index >= 15 is 0 Å². The van der Waals surface area contributed by atoms with E-state index in [1.807, 2.05) is 17.5 Å². The van der Waals surface area contributed by atoms with E-state index in [-0.39, 0.29) is 16.1 Å². The number of carbonyl (C=O) groups excluding carboxylic acids is 1. The van der Waals surface area contributed by atoms with Crippen molar-refractivity contribution in [1.82, 2.24) is 9.97 Å². The minimum Gasteiger partial charge on any atom is -0.298 e. The Kier molecular flexibility index (Phi) is 5.74. The first kappa shape index (κ1) is 20.6. The van der Waals surface area contributed by atoms with Gasteiger partial charge in [-0.1, -0.05) is 6.07 Å². The molecule has 0 bridgehead atoms. The summed E-state index contributed by atoms with van der Waals surface area (Å²) in [6.07, 6.45) is 3.32. The fourth-order valence-corrected chi connectivity index (χ4v) is 4.47. The van der Waals surface area contributed by atoms with Crippen LogP contribution < -0.4 is 10.0 Å². The van der Waals surface area contributed by atoms with Gasteiger partial charge in [0.25, 0.3) is 15.9 Å². The van der Waals surface area contributed by atoms with Gasteiger partial charge in [-0.15, -0.1) is 11.3 Å². The Morgan fingerprint density at radius 1 is 1.00 bits per heavy atom. The summed E-state index contributed by atoms with van der Waals surface area (Å²) in [7, 11) is -3.92. The van der Waals surface area contributed by atoms with Gasteiger partial charge in [-0.25, -0.2) is 17.8 Å². The molecule has 2 aromatic heterocycles. The number of sulfonamides is 1. The molecule has 31 heavy (non-hydrogen) atoms. The van der Waals surface area contributed by atoms with Gasteiger partial charge in [0.05, 0.1) is 10.6 Å². The lowest BCUT2D eigenvalue weighted by atomic mass is 10.2. The standard InChI is InChI=1S/C21H15FN4O3S2/c22-16-4-6-18(7-5-16)31(28,29)26-17-3-1-2-15(12-17)20(27)25-21-24-19(13-30-21)14-8-10-23-11-9-14/h1-13,26H,(H,24,25,27). The van der Waals surface area contributed by atoms with Crippen LogP contribution in [0.2, 0.25) is 0 Å². The number of anilines is 2. The number of pyridine rings is 1. The van der Waals surface area contributed by atoms with E-state index in [1.165, 1.54) is 23.5 Å². The number of amides is 1. The molecular formula is C21H15FN4O3S2. The molecule has 0 aliphatic rings. The Bertz CT molecular complexity index is 1320.